The lowest BCUT2D eigenvalue weighted by Gasteiger charge is -2.05. The number of para-hydroxylation sites is 2. The molecule has 0 amide bonds. The van der Waals surface area contributed by atoms with E-state index in [1.54, 1.807) is 24.4 Å². The molecular formula is C20H13NO3S. The number of nitrogens with zero attached hydrogens (tertiary/aromatic N) is 1. The maximum Gasteiger partial charge on any atom is 0.347 e. The van der Waals surface area contributed by atoms with Crippen LogP contribution in [0.1, 0.15) is 10.4 Å². The smallest absolute Gasteiger partial charge is 0.347 e. The Labute approximate surface area is 147 Å². The predicted octanol–water partition coefficient (Wildman–Crippen LogP) is 4.32. The molecule has 2 heterocycles. The van der Waals surface area contributed by atoms with Crippen LogP contribution in [-0.2, 0) is 0 Å². The molecule has 0 spiro atoms. The van der Waals surface area contributed by atoms with Crippen molar-refractivity contribution in [3.63, 3.8) is 0 Å². The van der Waals surface area contributed by atoms with Crippen molar-refractivity contribution in [3.05, 3.63) is 82.8 Å². The van der Waals surface area contributed by atoms with Crippen LogP contribution in [0, 0.1) is 0 Å². The second-order valence-corrected chi connectivity index (χ2v) is 6.55. The average Bonchev–Trinajstić information content (AvgIpc) is 2.65. The number of carbonyl (C=O) groups excluding carboxylic acids is 1. The summed E-state index contributed by atoms with van der Waals surface area (Å²) < 4.78 is 5.24. The molecule has 4 aromatic rings. The van der Waals surface area contributed by atoms with Gasteiger partial charge in [-0.25, -0.2) is 4.79 Å². The van der Waals surface area contributed by atoms with Crippen molar-refractivity contribution < 1.29 is 9.21 Å². The van der Waals surface area contributed by atoms with Gasteiger partial charge in [-0.3, -0.25) is 9.78 Å². The van der Waals surface area contributed by atoms with E-state index in [0.717, 1.165) is 21.2 Å². The minimum atomic E-state index is -0.597. The molecule has 0 saturated heterocycles. The minimum absolute atomic E-state index is 0.0828. The second kappa shape index (κ2) is 6.53. The van der Waals surface area contributed by atoms with Gasteiger partial charge in [-0.15, -0.1) is 11.8 Å². The van der Waals surface area contributed by atoms with E-state index in [2.05, 4.69) is 4.98 Å². The van der Waals surface area contributed by atoms with E-state index in [4.69, 9.17) is 4.42 Å². The number of benzene rings is 2. The number of pyridine rings is 1. The van der Waals surface area contributed by atoms with Crippen LogP contribution < -0.4 is 5.63 Å². The summed E-state index contributed by atoms with van der Waals surface area (Å²) in [7, 11) is 0. The van der Waals surface area contributed by atoms with E-state index < -0.39 is 5.63 Å². The van der Waals surface area contributed by atoms with Crippen molar-refractivity contribution in [2.45, 2.75) is 4.90 Å². The molecular weight excluding hydrogens is 334 g/mol. The van der Waals surface area contributed by atoms with E-state index in [-0.39, 0.29) is 17.1 Å². The maximum absolute atomic E-state index is 12.5. The summed E-state index contributed by atoms with van der Waals surface area (Å²) in [6, 6.07) is 18.4. The molecule has 0 N–H and O–H groups in total. The van der Waals surface area contributed by atoms with Gasteiger partial charge in [0.2, 0.25) is 0 Å². The zero-order chi connectivity index (χ0) is 17.2. The fraction of sp³-hybridized carbons (Fsp3) is 0.0500. The Bertz CT molecular complexity index is 1140. The highest BCUT2D eigenvalue weighted by molar-refractivity contribution is 8.00. The van der Waals surface area contributed by atoms with Gasteiger partial charge in [0.25, 0.3) is 0 Å². The highest BCUT2D eigenvalue weighted by Crippen LogP contribution is 2.26. The quantitative estimate of drug-likeness (QED) is 0.313. The van der Waals surface area contributed by atoms with Gasteiger partial charge in [0, 0.05) is 21.9 Å². The maximum atomic E-state index is 12.5. The van der Waals surface area contributed by atoms with Crippen molar-refractivity contribution in [3.8, 4) is 0 Å². The molecule has 0 unspecified atom stereocenters. The summed E-state index contributed by atoms with van der Waals surface area (Å²) in [5.41, 5.74) is 0.822. The molecule has 4 nitrogen and oxygen atoms in total. The van der Waals surface area contributed by atoms with E-state index in [1.807, 2.05) is 42.5 Å². The standard InChI is InChI=1S/C20H13NO3S/c22-16(15-11-14-5-1-2-8-17(14)24-20(15)23)12-25-18-9-3-6-13-7-4-10-21-19(13)18/h1-11H,12H2. The topological polar surface area (TPSA) is 60.2 Å². The molecule has 0 aliphatic heterocycles. The first-order chi connectivity index (χ1) is 12.2. The van der Waals surface area contributed by atoms with Crippen LogP contribution in [0.2, 0.25) is 0 Å². The summed E-state index contributed by atoms with van der Waals surface area (Å²) >= 11 is 1.37. The third kappa shape index (κ3) is 3.06. The number of hydrogen-bond acceptors (Lipinski definition) is 5. The lowest BCUT2D eigenvalue weighted by Crippen LogP contribution is -2.15. The molecule has 0 atom stereocenters. The van der Waals surface area contributed by atoms with Gasteiger partial charge >= 0.3 is 5.63 Å². The van der Waals surface area contributed by atoms with Crippen molar-refractivity contribution in [2.24, 2.45) is 0 Å². The fourth-order valence-electron chi connectivity index (χ4n) is 2.67. The first-order valence-electron chi connectivity index (χ1n) is 7.75. The minimum Gasteiger partial charge on any atom is -0.422 e. The van der Waals surface area contributed by atoms with Crippen molar-refractivity contribution >= 4 is 39.4 Å². The van der Waals surface area contributed by atoms with Gasteiger partial charge < -0.3 is 4.42 Å². The van der Waals surface area contributed by atoms with Crippen LogP contribution in [0.5, 0.6) is 0 Å². The summed E-state index contributed by atoms with van der Waals surface area (Å²) in [4.78, 5) is 29.9. The van der Waals surface area contributed by atoms with Crippen molar-refractivity contribution in [1.82, 2.24) is 4.98 Å². The van der Waals surface area contributed by atoms with Crippen LogP contribution in [0.25, 0.3) is 21.9 Å². The van der Waals surface area contributed by atoms with Gasteiger partial charge in [-0.2, -0.15) is 0 Å². The number of rotatable bonds is 4. The molecule has 0 fully saturated rings. The molecule has 0 saturated carbocycles. The van der Waals surface area contributed by atoms with E-state index in [9.17, 15) is 9.59 Å². The first kappa shape index (κ1) is 15.6. The van der Waals surface area contributed by atoms with Crippen molar-refractivity contribution in [1.29, 1.82) is 0 Å². The van der Waals surface area contributed by atoms with E-state index >= 15 is 0 Å². The van der Waals surface area contributed by atoms with Crippen LogP contribution in [0.4, 0.5) is 0 Å². The summed E-state index contributed by atoms with van der Waals surface area (Å²) in [6.45, 7) is 0. The molecule has 25 heavy (non-hydrogen) atoms. The zero-order valence-electron chi connectivity index (χ0n) is 13.1. The summed E-state index contributed by atoms with van der Waals surface area (Å²) in [5.74, 6) is -0.101. The number of carbonyl (C=O) groups is 1. The normalized spacial score (nSPS) is 11.0. The molecule has 122 valence electrons. The monoisotopic (exact) mass is 347 g/mol. The molecule has 0 bridgehead atoms. The molecule has 0 radical (unpaired) electrons. The van der Waals surface area contributed by atoms with Crippen LogP contribution in [0.3, 0.4) is 0 Å². The number of thioether (sulfide) groups is 1. The lowest BCUT2D eigenvalue weighted by molar-refractivity contribution is 0.101. The van der Waals surface area contributed by atoms with Crippen molar-refractivity contribution in [2.75, 3.05) is 5.75 Å². The Balaban J connectivity index is 1.62. The number of fused-ring (bicyclic) bond motifs is 2. The Morgan fingerprint density at radius 3 is 2.72 bits per heavy atom. The largest absolute Gasteiger partial charge is 0.422 e. The molecule has 5 heteroatoms. The molecule has 2 aromatic heterocycles. The fourth-order valence-corrected chi connectivity index (χ4v) is 3.59. The summed E-state index contributed by atoms with van der Waals surface area (Å²) in [6.07, 6.45) is 1.73. The summed E-state index contributed by atoms with van der Waals surface area (Å²) in [5, 5.41) is 1.76. The number of ketones is 1. The van der Waals surface area contributed by atoms with Gasteiger partial charge in [0.05, 0.1) is 11.3 Å². The molecule has 2 aromatic carbocycles. The Hall–Kier alpha value is -2.92. The lowest BCUT2D eigenvalue weighted by atomic mass is 10.1. The molecule has 4 rings (SSSR count). The molecule has 0 aliphatic carbocycles. The Kier molecular flexibility index (Phi) is 4.07. The molecule has 0 aliphatic rings. The third-order valence-corrected chi connectivity index (χ3v) is 4.94. The van der Waals surface area contributed by atoms with Gasteiger partial charge in [0.1, 0.15) is 11.1 Å². The van der Waals surface area contributed by atoms with E-state index in [1.165, 1.54) is 11.8 Å². The van der Waals surface area contributed by atoms with Crippen LogP contribution in [0.15, 0.2) is 81.0 Å². The first-order valence-corrected chi connectivity index (χ1v) is 8.73. The highest BCUT2D eigenvalue weighted by Gasteiger charge is 2.15. The van der Waals surface area contributed by atoms with Crippen LogP contribution >= 0.6 is 11.8 Å². The highest BCUT2D eigenvalue weighted by atomic mass is 32.2. The van der Waals surface area contributed by atoms with E-state index in [0.29, 0.717) is 5.58 Å². The zero-order valence-corrected chi connectivity index (χ0v) is 14.0. The second-order valence-electron chi connectivity index (χ2n) is 5.53. The average molecular weight is 347 g/mol. The Morgan fingerprint density at radius 2 is 1.80 bits per heavy atom. The van der Waals surface area contributed by atoms with Gasteiger partial charge in [-0.1, -0.05) is 36.4 Å². The van der Waals surface area contributed by atoms with Crippen LogP contribution in [-0.4, -0.2) is 16.5 Å². The van der Waals surface area contributed by atoms with Gasteiger partial charge in [-0.05, 0) is 24.3 Å². The third-order valence-electron chi connectivity index (χ3n) is 3.90. The number of hydrogen-bond donors (Lipinski definition) is 0. The number of aromatic nitrogens is 1. The van der Waals surface area contributed by atoms with Gasteiger partial charge in [0.15, 0.2) is 5.78 Å². The Morgan fingerprint density at radius 1 is 1.00 bits per heavy atom. The number of Topliss-reactive ketones (excluding diaryl/α,β-unsaturated/α-hetero) is 1. The SMILES string of the molecule is O=C(CSc1cccc2cccnc12)c1cc2ccccc2oc1=O. The predicted molar refractivity (Wildman–Crippen MR) is 99.3 cm³/mol.